The van der Waals surface area contributed by atoms with E-state index < -0.39 is 0 Å². The van der Waals surface area contributed by atoms with Crippen molar-refractivity contribution in [2.24, 2.45) is 0 Å². The first kappa shape index (κ1) is 26.5. The maximum absolute atomic E-state index is 6.21. The van der Waals surface area contributed by atoms with Gasteiger partial charge < -0.3 is 4.42 Å². The molecular formula is C41H27N3O. The van der Waals surface area contributed by atoms with Crippen LogP contribution >= 0.6 is 0 Å². The summed E-state index contributed by atoms with van der Waals surface area (Å²) in [5, 5.41) is 0. The van der Waals surface area contributed by atoms with Crippen molar-refractivity contribution >= 4 is 11.1 Å². The minimum absolute atomic E-state index is 0.609. The van der Waals surface area contributed by atoms with Gasteiger partial charge >= 0.3 is 0 Å². The Morgan fingerprint density at radius 3 is 1.51 bits per heavy atom. The van der Waals surface area contributed by atoms with Crippen LogP contribution < -0.4 is 0 Å². The van der Waals surface area contributed by atoms with Crippen LogP contribution in [0, 0.1) is 0 Å². The lowest BCUT2D eigenvalue weighted by Crippen LogP contribution is -1.97. The van der Waals surface area contributed by atoms with Gasteiger partial charge in [-0.05, 0) is 52.6 Å². The molecule has 0 fully saturated rings. The highest BCUT2D eigenvalue weighted by molar-refractivity contribution is 5.88. The predicted octanol–water partition coefficient (Wildman–Crippen LogP) is 10.6. The van der Waals surface area contributed by atoms with Gasteiger partial charge in [-0.25, -0.2) is 15.0 Å². The van der Waals surface area contributed by atoms with Gasteiger partial charge in [0.25, 0.3) is 0 Å². The number of hydrogen-bond acceptors (Lipinski definition) is 4. The molecule has 8 rings (SSSR count). The van der Waals surface area contributed by atoms with Gasteiger partial charge in [0.05, 0.1) is 11.4 Å². The van der Waals surface area contributed by atoms with E-state index in [4.69, 9.17) is 19.4 Å². The Kier molecular flexibility index (Phi) is 6.78. The van der Waals surface area contributed by atoms with Crippen molar-refractivity contribution in [3.8, 4) is 67.6 Å². The van der Waals surface area contributed by atoms with Gasteiger partial charge in [0.15, 0.2) is 11.4 Å². The molecule has 0 bridgehead atoms. The number of aromatic nitrogens is 3. The van der Waals surface area contributed by atoms with Gasteiger partial charge in [-0.15, -0.1) is 0 Å². The zero-order valence-electron chi connectivity index (χ0n) is 24.3. The first-order valence-electron chi connectivity index (χ1n) is 14.9. The fourth-order valence-electron chi connectivity index (χ4n) is 5.66. The van der Waals surface area contributed by atoms with E-state index in [1.54, 1.807) is 0 Å². The van der Waals surface area contributed by atoms with Crippen molar-refractivity contribution < 1.29 is 4.42 Å². The highest BCUT2D eigenvalue weighted by atomic mass is 16.3. The van der Waals surface area contributed by atoms with Crippen LogP contribution in [0.15, 0.2) is 168 Å². The third-order valence-corrected chi connectivity index (χ3v) is 7.97. The van der Waals surface area contributed by atoms with Crippen molar-refractivity contribution in [3.63, 3.8) is 0 Å². The van der Waals surface area contributed by atoms with E-state index >= 15 is 0 Å². The first-order valence-corrected chi connectivity index (χ1v) is 14.9. The Morgan fingerprint density at radius 1 is 0.356 bits per heavy atom. The molecule has 0 radical (unpaired) electrons. The van der Waals surface area contributed by atoms with E-state index in [0.717, 1.165) is 55.9 Å². The minimum Gasteiger partial charge on any atom is -0.436 e. The first-order chi connectivity index (χ1) is 22.3. The molecule has 0 saturated heterocycles. The third-order valence-electron chi connectivity index (χ3n) is 7.97. The molecule has 0 atom stereocenters. The molecule has 6 aromatic carbocycles. The highest BCUT2D eigenvalue weighted by Gasteiger charge is 2.16. The molecule has 4 nitrogen and oxygen atoms in total. The van der Waals surface area contributed by atoms with Crippen LogP contribution in [0.1, 0.15) is 0 Å². The van der Waals surface area contributed by atoms with E-state index in [1.165, 1.54) is 11.1 Å². The summed E-state index contributed by atoms with van der Waals surface area (Å²) in [7, 11) is 0. The van der Waals surface area contributed by atoms with E-state index in [0.29, 0.717) is 11.7 Å². The van der Waals surface area contributed by atoms with Crippen LogP contribution in [0.4, 0.5) is 0 Å². The van der Waals surface area contributed by atoms with Crippen LogP contribution in [0.3, 0.4) is 0 Å². The van der Waals surface area contributed by atoms with Gasteiger partial charge in [-0.3, -0.25) is 0 Å². The molecule has 0 aliphatic carbocycles. The number of hydrogen-bond donors (Lipinski definition) is 0. The summed E-state index contributed by atoms with van der Waals surface area (Å²) < 4.78 is 6.21. The number of rotatable bonds is 6. The van der Waals surface area contributed by atoms with Gasteiger partial charge in [0.2, 0.25) is 5.89 Å². The number of fused-ring (bicyclic) bond motifs is 1. The largest absolute Gasteiger partial charge is 0.436 e. The lowest BCUT2D eigenvalue weighted by molar-refractivity contribution is 0.620. The molecule has 0 saturated carbocycles. The normalized spacial score (nSPS) is 11.1. The molecule has 0 spiro atoms. The van der Waals surface area contributed by atoms with E-state index in [-0.39, 0.29) is 0 Å². The quantitative estimate of drug-likeness (QED) is 0.197. The van der Waals surface area contributed by atoms with Gasteiger partial charge in [-0.2, -0.15) is 0 Å². The molecule has 0 N–H and O–H groups in total. The molecule has 8 aromatic rings. The molecule has 2 heterocycles. The molecule has 212 valence electrons. The van der Waals surface area contributed by atoms with Crippen LogP contribution in [0.2, 0.25) is 0 Å². The van der Waals surface area contributed by atoms with Crippen molar-refractivity contribution in [3.05, 3.63) is 164 Å². The zero-order valence-corrected chi connectivity index (χ0v) is 24.3. The SMILES string of the molecule is c1ccc(-c2ccc(-c3cc(-c4ccccc4)nc(-c4ccccc4-c4ccc5nc(-c6ccccc6)oc5c4)n3)cc2)cc1. The highest BCUT2D eigenvalue weighted by Crippen LogP contribution is 2.36. The maximum atomic E-state index is 6.21. The zero-order chi connectivity index (χ0) is 30.0. The van der Waals surface area contributed by atoms with Gasteiger partial charge in [-0.1, -0.05) is 133 Å². The van der Waals surface area contributed by atoms with Gasteiger partial charge in [0, 0.05) is 22.3 Å². The molecule has 0 unspecified atom stereocenters. The average molecular weight is 578 g/mol. The molecule has 2 aromatic heterocycles. The fraction of sp³-hybridized carbons (Fsp3) is 0. The van der Waals surface area contributed by atoms with Crippen molar-refractivity contribution in [1.29, 1.82) is 0 Å². The van der Waals surface area contributed by atoms with E-state index in [2.05, 4.69) is 91.0 Å². The fourth-order valence-corrected chi connectivity index (χ4v) is 5.66. The Hall–Kier alpha value is -6.13. The second-order valence-electron chi connectivity index (χ2n) is 10.9. The van der Waals surface area contributed by atoms with Crippen LogP contribution in [0.5, 0.6) is 0 Å². The van der Waals surface area contributed by atoms with Crippen molar-refractivity contribution in [2.75, 3.05) is 0 Å². The predicted molar refractivity (Wildman–Crippen MR) is 182 cm³/mol. The summed E-state index contributed by atoms with van der Waals surface area (Å²) >= 11 is 0. The van der Waals surface area contributed by atoms with Crippen LogP contribution in [0.25, 0.3) is 78.7 Å². The van der Waals surface area contributed by atoms with Crippen LogP contribution in [-0.4, -0.2) is 15.0 Å². The van der Waals surface area contributed by atoms with Crippen molar-refractivity contribution in [2.45, 2.75) is 0 Å². The van der Waals surface area contributed by atoms with Crippen molar-refractivity contribution in [1.82, 2.24) is 15.0 Å². The Morgan fingerprint density at radius 2 is 0.844 bits per heavy atom. The smallest absolute Gasteiger partial charge is 0.227 e. The lowest BCUT2D eigenvalue weighted by atomic mass is 9.98. The maximum Gasteiger partial charge on any atom is 0.227 e. The van der Waals surface area contributed by atoms with Crippen LogP contribution in [-0.2, 0) is 0 Å². The summed E-state index contributed by atoms with van der Waals surface area (Å²) in [4.78, 5) is 15.0. The Balaban J connectivity index is 1.24. The number of nitrogens with zero attached hydrogens (tertiary/aromatic N) is 3. The molecule has 0 amide bonds. The van der Waals surface area contributed by atoms with E-state index in [1.807, 2.05) is 72.8 Å². The molecule has 0 aliphatic rings. The standard InChI is InChI=1S/C41H27N3O/c1-4-12-28(13-5-1)29-20-22-31(23-21-29)38-27-37(30-14-6-2-7-15-30)42-40(43-38)35-19-11-10-18-34(35)33-24-25-36-39(26-33)45-41(44-36)32-16-8-3-9-17-32/h1-27H. The van der Waals surface area contributed by atoms with E-state index in [9.17, 15) is 0 Å². The Bertz CT molecular complexity index is 2240. The van der Waals surface area contributed by atoms with Gasteiger partial charge in [0.1, 0.15) is 5.52 Å². The molecule has 45 heavy (non-hydrogen) atoms. The second-order valence-corrected chi connectivity index (χ2v) is 10.9. The molecule has 4 heteroatoms. The number of oxazole rings is 1. The second kappa shape index (κ2) is 11.5. The topological polar surface area (TPSA) is 51.8 Å². The Labute approximate surface area is 261 Å². The summed E-state index contributed by atoms with van der Waals surface area (Å²) in [5.41, 5.74) is 11.6. The summed E-state index contributed by atoms with van der Waals surface area (Å²) in [6.45, 7) is 0. The minimum atomic E-state index is 0.609. The monoisotopic (exact) mass is 577 g/mol. The number of benzene rings is 6. The molecular weight excluding hydrogens is 550 g/mol. The third kappa shape index (κ3) is 5.30. The summed E-state index contributed by atoms with van der Waals surface area (Å²) in [5.74, 6) is 1.27. The summed E-state index contributed by atoms with van der Waals surface area (Å²) in [6.07, 6.45) is 0. The molecule has 0 aliphatic heterocycles. The average Bonchev–Trinajstić information content (AvgIpc) is 3.56. The summed E-state index contributed by atoms with van der Waals surface area (Å²) in [6, 6.07) is 55.7. The lowest BCUT2D eigenvalue weighted by Gasteiger charge is -2.13.